The summed E-state index contributed by atoms with van der Waals surface area (Å²) in [6, 6.07) is 4.09. The summed E-state index contributed by atoms with van der Waals surface area (Å²) in [4.78, 5) is 0. The SMILES string of the molecule is CCSCC(N)Cc1ccco1. The van der Waals surface area contributed by atoms with Crippen LogP contribution in [-0.2, 0) is 6.42 Å². The number of hydrogen-bond acceptors (Lipinski definition) is 3. The Morgan fingerprint density at radius 2 is 2.50 bits per heavy atom. The van der Waals surface area contributed by atoms with E-state index in [2.05, 4.69) is 6.92 Å². The molecule has 0 aliphatic heterocycles. The molecular weight excluding hydrogens is 170 g/mol. The summed E-state index contributed by atoms with van der Waals surface area (Å²) in [5.41, 5.74) is 5.87. The van der Waals surface area contributed by atoms with Gasteiger partial charge in [0.15, 0.2) is 0 Å². The Morgan fingerprint density at radius 3 is 3.08 bits per heavy atom. The number of hydrogen-bond donors (Lipinski definition) is 1. The number of thioether (sulfide) groups is 1. The van der Waals surface area contributed by atoms with Crippen LogP contribution < -0.4 is 5.73 Å². The van der Waals surface area contributed by atoms with E-state index < -0.39 is 0 Å². The Labute approximate surface area is 77.5 Å². The molecule has 68 valence electrons. The monoisotopic (exact) mass is 185 g/mol. The predicted molar refractivity (Wildman–Crippen MR) is 53.4 cm³/mol. The number of furan rings is 1. The molecule has 0 radical (unpaired) electrons. The third-order valence-electron chi connectivity index (χ3n) is 1.58. The number of rotatable bonds is 5. The van der Waals surface area contributed by atoms with Crippen molar-refractivity contribution in [3.63, 3.8) is 0 Å². The van der Waals surface area contributed by atoms with E-state index in [1.165, 1.54) is 0 Å². The molecule has 1 aromatic heterocycles. The van der Waals surface area contributed by atoms with E-state index in [4.69, 9.17) is 10.2 Å². The van der Waals surface area contributed by atoms with Crippen LogP contribution in [0.2, 0.25) is 0 Å². The highest BCUT2D eigenvalue weighted by Gasteiger charge is 2.04. The zero-order valence-corrected chi connectivity index (χ0v) is 8.14. The van der Waals surface area contributed by atoms with Gasteiger partial charge in [0, 0.05) is 18.2 Å². The molecule has 0 saturated carbocycles. The Hall–Kier alpha value is -0.410. The summed E-state index contributed by atoms with van der Waals surface area (Å²) in [7, 11) is 0. The van der Waals surface area contributed by atoms with Gasteiger partial charge in [0.25, 0.3) is 0 Å². The first-order chi connectivity index (χ1) is 5.83. The van der Waals surface area contributed by atoms with Crippen LogP contribution in [0.15, 0.2) is 22.8 Å². The normalized spacial score (nSPS) is 13.2. The van der Waals surface area contributed by atoms with Crippen LogP contribution in [0.5, 0.6) is 0 Å². The van der Waals surface area contributed by atoms with Gasteiger partial charge in [-0.15, -0.1) is 0 Å². The van der Waals surface area contributed by atoms with Gasteiger partial charge < -0.3 is 10.2 Å². The molecule has 0 spiro atoms. The second kappa shape index (κ2) is 5.27. The van der Waals surface area contributed by atoms with Crippen molar-refractivity contribution >= 4 is 11.8 Å². The highest BCUT2D eigenvalue weighted by atomic mass is 32.2. The maximum absolute atomic E-state index is 5.87. The molecule has 0 bridgehead atoms. The van der Waals surface area contributed by atoms with Gasteiger partial charge in [0.1, 0.15) is 5.76 Å². The van der Waals surface area contributed by atoms with Gasteiger partial charge in [0.2, 0.25) is 0 Å². The van der Waals surface area contributed by atoms with E-state index in [1.54, 1.807) is 6.26 Å². The zero-order chi connectivity index (χ0) is 8.81. The molecule has 0 aliphatic carbocycles. The van der Waals surface area contributed by atoms with Crippen LogP contribution >= 0.6 is 11.8 Å². The second-order valence-electron chi connectivity index (χ2n) is 2.70. The summed E-state index contributed by atoms with van der Waals surface area (Å²) < 4.78 is 5.19. The molecule has 3 heteroatoms. The lowest BCUT2D eigenvalue weighted by Crippen LogP contribution is -2.25. The van der Waals surface area contributed by atoms with Gasteiger partial charge in [0.05, 0.1) is 6.26 Å². The van der Waals surface area contributed by atoms with E-state index in [0.717, 1.165) is 23.7 Å². The lowest BCUT2D eigenvalue weighted by Gasteiger charge is -2.07. The topological polar surface area (TPSA) is 39.2 Å². The van der Waals surface area contributed by atoms with E-state index in [-0.39, 0.29) is 6.04 Å². The predicted octanol–water partition coefficient (Wildman–Crippen LogP) is 1.90. The second-order valence-corrected chi connectivity index (χ2v) is 4.02. The average molecular weight is 185 g/mol. The smallest absolute Gasteiger partial charge is 0.105 e. The Balaban J connectivity index is 2.22. The van der Waals surface area contributed by atoms with Crippen LogP contribution in [0.1, 0.15) is 12.7 Å². The Kier molecular flexibility index (Phi) is 4.25. The van der Waals surface area contributed by atoms with Crippen LogP contribution in [0, 0.1) is 0 Å². The minimum Gasteiger partial charge on any atom is -0.469 e. The van der Waals surface area contributed by atoms with Gasteiger partial charge in [-0.25, -0.2) is 0 Å². The molecule has 1 aromatic rings. The van der Waals surface area contributed by atoms with E-state index in [0.29, 0.717) is 0 Å². The largest absolute Gasteiger partial charge is 0.469 e. The lowest BCUT2D eigenvalue weighted by atomic mass is 10.2. The molecule has 0 saturated heterocycles. The maximum Gasteiger partial charge on any atom is 0.105 e. The zero-order valence-electron chi connectivity index (χ0n) is 7.32. The van der Waals surface area contributed by atoms with E-state index in [9.17, 15) is 0 Å². The molecular formula is C9H15NOS. The van der Waals surface area contributed by atoms with Crippen molar-refractivity contribution in [2.45, 2.75) is 19.4 Å². The van der Waals surface area contributed by atoms with Gasteiger partial charge in [-0.2, -0.15) is 11.8 Å². The van der Waals surface area contributed by atoms with Gasteiger partial charge >= 0.3 is 0 Å². The first kappa shape index (κ1) is 9.68. The molecule has 1 atom stereocenters. The molecule has 1 rings (SSSR count). The molecule has 1 heterocycles. The minimum atomic E-state index is 0.223. The Morgan fingerprint density at radius 1 is 1.67 bits per heavy atom. The summed E-state index contributed by atoms with van der Waals surface area (Å²) in [5, 5.41) is 0. The molecule has 0 aromatic carbocycles. The van der Waals surface area contributed by atoms with Crippen molar-refractivity contribution in [2.24, 2.45) is 5.73 Å². The summed E-state index contributed by atoms with van der Waals surface area (Å²) in [5.74, 6) is 3.13. The minimum absolute atomic E-state index is 0.223. The molecule has 0 aliphatic rings. The van der Waals surface area contributed by atoms with Crippen LogP contribution in [0.3, 0.4) is 0 Å². The van der Waals surface area contributed by atoms with Crippen LogP contribution in [-0.4, -0.2) is 17.5 Å². The first-order valence-electron chi connectivity index (χ1n) is 4.18. The van der Waals surface area contributed by atoms with Crippen LogP contribution in [0.4, 0.5) is 0 Å². The summed E-state index contributed by atoms with van der Waals surface area (Å²) >= 11 is 1.87. The molecule has 1 unspecified atom stereocenters. The molecule has 2 N–H and O–H groups in total. The standard InChI is InChI=1S/C9H15NOS/c1-2-12-7-8(10)6-9-4-3-5-11-9/h3-5,8H,2,6-7,10H2,1H3. The van der Waals surface area contributed by atoms with Crippen molar-refractivity contribution < 1.29 is 4.42 Å². The van der Waals surface area contributed by atoms with E-state index >= 15 is 0 Å². The van der Waals surface area contributed by atoms with Crippen LogP contribution in [0.25, 0.3) is 0 Å². The molecule has 12 heavy (non-hydrogen) atoms. The fraction of sp³-hybridized carbons (Fsp3) is 0.556. The Bertz CT molecular complexity index is 198. The average Bonchev–Trinajstić information content (AvgIpc) is 2.53. The van der Waals surface area contributed by atoms with E-state index in [1.807, 2.05) is 23.9 Å². The van der Waals surface area contributed by atoms with Crippen molar-refractivity contribution in [2.75, 3.05) is 11.5 Å². The lowest BCUT2D eigenvalue weighted by molar-refractivity contribution is 0.493. The van der Waals surface area contributed by atoms with Crippen molar-refractivity contribution in [1.29, 1.82) is 0 Å². The third-order valence-corrected chi connectivity index (χ3v) is 2.65. The van der Waals surface area contributed by atoms with Crippen molar-refractivity contribution in [3.05, 3.63) is 24.2 Å². The van der Waals surface area contributed by atoms with Crippen molar-refractivity contribution in [1.82, 2.24) is 0 Å². The van der Waals surface area contributed by atoms with Gasteiger partial charge in [-0.05, 0) is 17.9 Å². The molecule has 2 nitrogen and oxygen atoms in total. The highest BCUT2D eigenvalue weighted by molar-refractivity contribution is 7.99. The fourth-order valence-electron chi connectivity index (χ4n) is 1.02. The summed E-state index contributed by atoms with van der Waals surface area (Å²) in [6.45, 7) is 2.14. The maximum atomic E-state index is 5.87. The first-order valence-corrected chi connectivity index (χ1v) is 5.34. The van der Waals surface area contributed by atoms with Gasteiger partial charge in [-0.1, -0.05) is 6.92 Å². The molecule has 0 fully saturated rings. The van der Waals surface area contributed by atoms with Gasteiger partial charge in [-0.3, -0.25) is 0 Å². The third kappa shape index (κ3) is 3.32. The number of nitrogens with two attached hydrogens (primary N) is 1. The quantitative estimate of drug-likeness (QED) is 0.761. The fourth-order valence-corrected chi connectivity index (χ4v) is 1.67. The molecule has 0 amide bonds. The highest BCUT2D eigenvalue weighted by Crippen LogP contribution is 2.07. The summed E-state index contributed by atoms with van der Waals surface area (Å²) in [6.07, 6.45) is 2.54. The van der Waals surface area contributed by atoms with Crippen molar-refractivity contribution in [3.8, 4) is 0 Å².